The molecular formula is C65H133N5O14. The molecule has 1 heterocycles. The zero-order valence-electron chi connectivity index (χ0n) is 56.3. The third kappa shape index (κ3) is 68.0. The lowest BCUT2D eigenvalue weighted by atomic mass is 9.78. The SMILES string of the molecule is CC.CC(=O)CCC1CC1.CC(N)=O.CC/C=C(/C)N.CCCC(C)C.CCCC1C(CO)OCCC1C1CC1.CCCOCCOCCNC(=O)CCOCC(CC)(CCCCC=O)NC(=O)COCCOCCOCCOCCC.CN. The highest BCUT2D eigenvalue weighted by Crippen LogP contribution is 2.46. The number of aliphatic hydroxyl groups excluding tert-OH is 1. The van der Waals surface area contributed by atoms with Crippen molar-refractivity contribution in [3.05, 3.63) is 11.8 Å². The van der Waals surface area contributed by atoms with Gasteiger partial charge in [0.1, 0.15) is 18.7 Å². The minimum Gasteiger partial charge on any atom is -0.403 e. The molecular weight excluding hydrogens is 1070 g/mol. The Balaban J connectivity index is -0.000000391. The number of carbonyl (C=O) groups is 5. The van der Waals surface area contributed by atoms with Crippen molar-refractivity contribution in [3.63, 3.8) is 0 Å². The van der Waals surface area contributed by atoms with Crippen LogP contribution < -0.4 is 27.8 Å². The summed E-state index contributed by atoms with van der Waals surface area (Å²) >= 11 is 0. The van der Waals surface area contributed by atoms with Crippen LogP contribution in [0.3, 0.4) is 0 Å². The Morgan fingerprint density at radius 3 is 1.61 bits per heavy atom. The van der Waals surface area contributed by atoms with Gasteiger partial charge in [0.15, 0.2) is 0 Å². The standard InChI is InChI=1S/C30H58N2O10.C12H22O2.C7H12O.C6H14.C5H11N.C2H5NO.C2H6.CH5N/c1-4-14-36-18-20-38-17-12-31-28(34)10-16-42-27-30(6-3,11-8-7-9-13-33)32-29(35)26-41-25-24-40-23-22-39-21-19-37-15-5-2;1-2-3-11-10(9-4-5-9)6-7-14-12(11)8-13;1-6(8)2-3-7-4-5-7;1-4-5-6(2)3;1-3-4-5(2)6;1-2(3)4;2*1-2/h13H,4-12,14-27H2,1-3H3,(H,31,34)(H,32,35);9-13H,2-8H2,1H3;7H,2-5H2,1H3;6H,4-5H2,1-3H3;4H,3,6H2,1-2H3;1H3,(H2,3,4);1-2H3;2H2,1H3/b;;;;5-4-;;;. The second kappa shape index (κ2) is 69.0. The number of Topliss-reactive ketones (excluding diaryl/α,β-unsaturated/α-hetero) is 1. The fourth-order valence-corrected chi connectivity index (χ4v) is 8.49. The van der Waals surface area contributed by atoms with Crippen LogP contribution in [0.2, 0.25) is 0 Å². The summed E-state index contributed by atoms with van der Waals surface area (Å²) in [7, 11) is 1.50. The van der Waals surface area contributed by atoms with Crippen LogP contribution >= 0.6 is 0 Å². The van der Waals surface area contributed by atoms with Crippen molar-refractivity contribution in [2.45, 2.75) is 230 Å². The maximum atomic E-state index is 12.7. The molecule has 3 aliphatic rings. The average Bonchev–Trinajstić information content (AvgIpc) is 4.32. The first kappa shape index (κ1) is 89.6. The van der Waals surface area contributed by atoms with E-state index in [1.807, 2.05) is 33.8 Å². The van der Waals surface area contributed by atoms with Crippen molar-refractivity contribution in [2.24, 2.45) is 46.8 Å². The van der Waals surface area contributed by atoms with E-state index >= 15 is 0 Å². The van der Waals surface area contributed by atoms with E-state index in [2.05, 4.69) is 70.6 Å². The molecule has 0 aromatic carbocycles. The molecule has 19 nitrogen and oxygen atoms in total. The van der Waals surface area contributed by atoms with Crippen molar-refractivity contribution < 1.29 is 67.0 Å². The number of amides is 3. The number of aliphatic hydroxyl groups is 1. The summed E-state index contributed by atoms with van der Waals surface area (Å²) < 4.78 is 44.0. The molecule has 502 valence electrons. The number of hydrogen-bond acceptors (Lipinski definition) is 16. The molecule has 84 heavy (non-hydrogen) atoms. The van der Waals surface area contributed by atoms with Crippen molar-refractivity contribution in [1.29, 1.82) is 0 Å². The molecule has 0 aromatic rings. The predicted octanol–water partition coefficient (Wildman–Crippen LogP) is 10.2. The fraction of sp³-hybridized carbons (Fsp3) is 0.892. The van der Waals surface area contributed by atoms with Crippen LogP contribution in [0.1, 0.15) is 218 Å². The van der Waals surface area contributed by atoms with Gasteiger partial charge >= 0.3 is 0 Å². The van der Waals surface area contributed by atoms with Crippen molar-refractivity contribution in [2.75, 3.05) is 119 Å². The molecule has 0 spiro atoms. The summed E-state index contributed by atoms with van der Waals surface area (Å²) in [6.07, 6.45) is 23.4. The number of unbranched alkanes of at least 4 members (excludes halogenated alkanes) is 2. The van der Waals surface area contributed by atoms with E-state index in [4.69, 9.17) is 43.6 Å². The Kier molecular flexibility index (Phi) is 73.6. The van der Waals surface area contributed by atoms with Crippen LogP contribution in [-0.2, 0) is 61.9 Å². The number of nitrogens with one attached hydrogen (secondary N) is 2. The van der Waals surface area contributed by atoms with Gasteiger partial charge in [-0.2, -0.15) is 0 Å². The van der Waals surface area contributed by atoms with Crippen LogP contribution in [0, 0.1) is 29.6 Å². The Labute approximate surface area is 513 Å². The highest BCUT2D eigenvalue weighted by atomic mass is 16.6. The molecule has 4 atom stereocenters. The Bertz CT molecular complexity index is 1460. The lowest BCUT2D eigenvalue weighted by Gasteiger charge is -2.37. The van der Waals surface area contributed by atoms with E-state index in [0.29, 0.717) is 90.4 Å². The topological polar surface area (TPSA) is 282 Å². The van der Waals surface area contributed by atoms with Crippen molar-refractivity contribution >= 4 is 29.8 Å². The zero-order valence-corrected chi connectivity index (χ0v) is 56.3. The number of carbonyl (C=O) groups excluding carboxylic acids is 5. The second-order valence-electron chi connectivity index (χ2n) is 21.5. The first-order valence-electron chi connectivity index (χ1n) is 32.5. The van der Waals surface area contributed by atoms with E-state index in [1.165, 1.54) is 71.8 Å². The molecule has 2 saturated carbocycles. The summed E-state index contributed by atoms with van der Waals surface area (Å²) in [6, 6.07) is 0. The van der Waals surface area contributed by atoms with Crippen LogP contribution in [0.15, 0.2) is 11.8 Å². The molecule has 1 aliphatic heterocycles. The van der Waals surface area contributed by atoms with Crippen molar-refractivity contribution in [1.82, 2.24) is 10.6 Å². The molecule has 19 heteroatoms. The predicted molar refractivity (Wildman–Crippen MR) is 343 cm³/mol. The monoisotopic (exact) mass is 1210 g/mol. The summed E-state index contributed by atoms with van der Waals surface area (Å²) in [4.78, 5) is 55.1. The number of primary amides is 1. The summed E-state index contributed by atoms with van der Waals surface area (Å²) in [5.41, 5.74) is 14.5. The number of hydrogen-bond donors (Lipinski definition) is 6. The Hall–Kier alpha value is -3.11. The molecule has 9 N–H and O–H groups in total. The number of nitrogens with two attached hydrogens (primary N) is 3. The molecule has 1 saturated heterocycles. The van der Waals surface area contributed by atoms with Gasteiger partial charge in [-0.1, -0.05) is 114 Å². The van der Waals surface area contributed by atoms with E-state index in [-0.39, 0.29) is 63.3 Å². The largest absolute Gasteiger partial charge is 0.403 e. The van der Waals surface area contributed by atoms with Gasteiger partial charge in [0.25, 0.3) is 0 Å². The molecule has 0 bridgehead atoms. The Morgan fingerprint density at radius 1 is 0.667 bits per heavy atom. The van der Waals surface area contributed by atoms with Crippen LogP contribution in [-0.4, -0.2) is 166 Å². The van der Waals surface area contributed by atoms with Crippen LogP contribution in [0.5, 0.6) is 0 Å². The summed E-state index contributed by atoms with van der Waals surface area (Å²) in [5, 5.41) is 15.2. The third-order valence-corrected chi connectivity index (χ3v) is 13.0. The maximum absolute atomic E-state index is 12.7. The van der Waals surface area contributed by atoms with Gasteiger partial charge < -0.3 is 80.4 Å². The normalized spacial score (nSPS) is 16.5. The lowest BCUT2D eigenvalue weighted by Crippen LogP contribution is -2.52. The first-order chi connectivity index (χ1) is 40.5. The summed E-state index contributed by atoms with van der Waals surface area (Å²) in [6.45, 7) is 33.5. The minimum absolute atomic E-state index is 0.0973. The number of allylic oxidation sites excluding steroid dienone is 2. The van der Waals surface area contributed by atoms with E-state index in [0.717, 1.165) is 100 Å². The number of aldehydes is 1. The van der Waals surface area contributed by atoms with Gasteiger partial charge in [-0.3, -0.25) is 14.4 Å². The van der Waals surface area contributed by atoms with E-state index in [9.17, 15) is 29.1 Å². The third-order valence-electron chi connectivity index (χ3n) is 13.0. The molecule has 3 fully saturated rings. The Morgan fingerprint density at radius 2 is 1.20 bits per heavy atom. The molecule has 0 radical (unpaired) electrons. The molecule has 3 rings (SSSR count). The second-order valence-corrected chi connectivity index (χ2v) is 21.5. The molecule has 0 aromatic heterocycles. The van der Waals surface area contributed by atoms with Crippen molar-refractivity contribution in [3.8, 4) is 0 Å². The maximum Gasteiger partial charge on any atom is 0.246 e. The van der Waals surface area contributed by atoms with Crippen LogP contribution in [0.4, 0.5) is 0 Å². The highest BCUT2D eigenvalue weighted by Gasteiger charge is 2.41. The van der Waals surface area contributed by atoms with Gasteiger partial charge in [0.05, 0.1) is 90.9 Å². The lowest BCUT2D eigenvalue weighted by molar-refractivity contribution is -0.130. The van der Waals surface area contributed by atoms with Crippen LogP contribution in [0.25, 0.3) is 0 Å². The number of rotatable bonds is 43. The average molecular weight is 1210 g/mol. The number of ketones is 1. The van der Waals surface area contributed by atoms with E-state index < -0.39 is 5.54 Å². The van der Waals surface area contributed by atoms with E-state index in [1.54, 1.807) is 6.92 Å². The quantitative estimate of drug-likeness (QED) is 0.0245. The van der Waals surface area contributed by atoms with Gasteiger partial charge in [0, 0.05) is 58.2 Å². The number of ether oxygens (including phenoxy) is 8. The molecule has 3 amide bonds. The summed E-state index contributed by atoms with van der Waals surface area (Å²) in [5.74, 6) is 3.90. The van der Waals surface area contributed by atoms with Gasteiger partial charge in [-0.15, -0.1) is 0 Å². The molecule has 2 aliphatic carbocycles. The first-order valence-corrected chi connectivity index (χ1v) is 32.5. The zero-order chi connectivity index (χ0) is 64.5. The molecule has 4 unspecified atom stereocenters. The smallest absolute Gasteiger partial charge is 0.246 e. The highest BCUT2D eigenvalue weighted by molar-refractivity contribution is 5.78. The van der Waals surface area contributed by atoms with Gasteiger partial charge in [-0.05, 0) is 121 Å². The van der Waals surface area contributed by atoms with Gasteiger partial charge in [0.2, 0.25) is 17.7 Å². The fourth-order valence-electron chi connectivity index (χ4n) is 8.49. The minimum atomic E-state index is -0.609. The van der Waals surface area contributed by atoms with Gasteiger partial charge in [-0.25, -0.2) is 0 Å².